The molecule has 0 fully saturated rings. The first-order chi connectivity index (χ1) is 15.3. The summed E-state index contributed by atoms with van der Waals surface area (Å²) in [4.78, 5) is 12.6. The van der Waals surface area contributed by atoms with Crippen LogP contribution in [0.15, 0.2) is 53.6 Å². The average Bonchev–Trinajstić information content (AvgIpc) is 3.12. The topological polar surface area (TPSA) is 64.8 Å². The van der Waals surface area contributed by atoms with Gasteiger partial charge in [-0.25, -0.2) is 5.43 Å². The van der Waals surface area contributed by atoms with Crippen LogP contribution in [0.3, 0.4) is 0 Å². The van der Waals surface area contributed by atoms with Crippen LogP contribution < -0.4 is 14.9 Å². The van der Waals surface area contributed by atoms with E-state index >= 15 is 0 Å². The van der Waals surface area contributed by atoms with Crippen LogP contribution in [0.5, 0.6) is 11.5 Å². The molecule has 6 nitrogen and oxygen atoms in total. The Hall–Kier alpha value is -3.25. The highest BCUT2D eigenvalue weighted by Gasteiger charge is 2.14. The Labute approximate surface area is 193 Å². The van der Waals surface area contributed by atoms with Gasteiger partial charge in [-0.1, -0.05) is 24.6 Å². The van der Waals surface area contributed by atoms with Crippen molar-refractivity contribution in [3.8, 4) is 17.2 Å². The number of nitrogens with zero attached hydrogens (tertiary/aromatic N) is 2. The van der Waals surface area contributed by atoms with E-state index in [1.54, 1.807) is 25.3 Å². The minimum Gasteiger partial charge on any atom is -0.493 e. The number of amides is 1. The first kappa shape index (κ1) is 23.4. The molecule has 168 valence electrons. The normalized spacial score (nSPS) is 12.1. The molecule has 3 rings (SSSR count). The zero-order valence-electron chi connectivity index (χ0n) is 19.0. The zero-order valence-corrected chi connectivity index (χ0v) is 19.7. The summed E-state index contributed by atoms with van der Waals surface area (Å²) in [6.45, 7) is 8.06. The molecule has 1 N–H and O–H groups in total. The number of aryl methyl sites for hydroxylation is 2. The van der Waals surface area contributed by atoms with Crippen LogP contribution in [0.1, 0.15) is 47.6 Å². The predicted molar refractivity (Wildman–Crippen MR) is 129 cm³/mol. The molecule has 0 radical (unpaired) electrons. The second-order valence-corrected chi connectivity index (χ2v) is 7.98. The molecule has 0 bridgehead atoms. The van der Waals surface area contributed by atoms with Crippen molar-refractivity contribution in [3.63, 3.8) is 0 Å². The van der Waals surface area contributed by atoms with Crippen molar-refractivity contribution in [1.82, 2.24) is 9.99 Å². The molecule has 1 amide bonds. The van der Waals surface area contributed by atoms with Gasteiger partial charge in [-0.2, -0.15) is 5.10 Å². The van der Waals surface area contributed by atoms with Gasteiger partial charge in [0.25, 0.3) is 5.91 Å². The molecule has 7 heteroatoms. The number of hydrazone groups is 1. The van der Waals surface area contributed by atoms with Gasteiger partial charge < -0.3 is 14.0 Å². The largest absolute Gasteiger partial charge is 0.493 e. The lowest BCUT2D eigenvalue weighted by atomic mass is 10.2. The Morgan fingerprint density at radius 2 is 1.91 bits per heavy atom. The number of nitrogens with one attached hydrogen (secondary N) is 1. The fourth-order valence-corrected chi connectivity index (χ4v) is 3.57. The lowest BCUT2D eigenvalue weighted by molar-refractivity contribution is 0.0955. The Morgan fingerprint density at radius 3 is 2.56 bits per heavy atom. The quantitative estimate of drug-likeness (QED) is 0.351. The maximum Gasteiger partial charge on any atom is 0.271 e. The molecule has 0 aliphatic heterocycles. The number of rotatable bonds is 8. The highest BCUT2D eigenvalue weighted by atomic mass is 35.5. The van der Waals surface area contributed by atoms with E-state index in [9.17, 15) is 4.79 Å². The lowest BCUT2D eigenvalue weighted by Gasteiger charge is -2.17. The standard InChI is InChI=1S/C25H28ClN3O3/c1-6-18(4)32-24-22(26)12-19(13-23(24)31-5)15-27-28-25(30)20-8-7-9-21(14-20)29-16(2)10-11-17(29)3/h7-15,18H,6H2,1-5H3,(H,28,30)/b27-15-/t18-/m0/s1. The van der Waals surface area contributed by atoms with E-state index in [1.165, 1.54) is 6.21 Å². The van der Waals surface area contributed by atoms with E-state index in [2.05, 4.69) is 15.1 Å². The van der Waals surface area contributed by atoms with Crippen LogP contribution in [0.25, 0.3) is 5.69 Å². The van der Waals surface area contributed by atoms with E-state index in [0.29, 0.717) is 27.6 Å². The summed E-state index contributed by atoms with van der Waals surface area (Å²) in [7, 11) is 1.55. The van der Waals surface area contributed by atoms with Crippen molar-refractivity contribution in [2.45, 2.75) is 40.2 Å². The molecule has 1 atom stereocenters. The van der Waals surface area contributed by atoms with Crippen LogP contribution in [0.2, 0.25) is 5.02 Å². The summed E-state index contributed by atoms with van der Waals surface area (Å²) in [5.74, 6) is 0.702. The minimum absolute atomic E-state index is 0.00934. The molecule has 0 spiro atoms. The third kappa shape index (κ3) is 5.32. The molecule has 1 heterocycles. The van der Waals surface area contributed by atoms with Crippen LogP contribution in [0.4, 0.5) is 0 Å². The molecule has 32 heavy (non-hydrogen) atoms. The van der Waals surface area contributed by atoms with Gasteiger partial charge in [0, 0.05) is 22.6 Å². The number of carbonyl (C=O) groups is 1. The molecule has 3 aromatic rings. The maximum absolute atomic E-state index is 12.6. The number of aromatic nitrogens is 1. The third-order valence-corrected chi connectivity index (χ3v) is 5.44. The smallest absolute Gasteiger partial charge is 0.271 e. The summed E-state index contributed by atoms with van der Waals surface area (Å²) in [6, 6.07) is 15.0. The molecule has 0 unspecified atom stereocenters. The first-order valence-electron chi connectivity index (χ1n) is 10.5. The number of halogens is 1. The zero-order chi connectivity index (χ0) is 23.3. The number of carbonyl (C=O) groups excluding carboxylic acids is 1. The Balaban J connectivity index is 1.74. The molecule has 0 saturated carbocycles. The first-order valence-corrected chi connectivity index (χ1v) is 10.8. The number of hydrogen-bond donors (Lipinski definition) is 1. The minimum atomic E-state index is -0.305. The van der Waals surface area contributed by atoms with Gasteiger partial charge in [0.2, 0.25) is 0 Å². The second kappa shape index (κ2) is 10.4. The predicted octanol–water partition coefficient (Wildman–Crippen LogP) is 5.70. The summed E-state index contributed by atoms with van der Waals surface area (Å²) >= 11 is 6.39. The van der Waals surface area contributed by atoms with Gasteiger partial charge in [-0.05, 0) is 75.2 Å². The summed E-state index contributed by atoms with van der Waals surface area (Å²) in [5.41, 5.74) is 6.89. The molecule has 0 saturated heterocycles. The highest BCUT2D eigenvalue weighted by molar-refractivity contribution is 6.32. The number of ether oxygens (including phenoxy) is 2. The lowest BCUT2D eigenvalue weighted by Crippen LogP contribution is -2.18. The highest BCUT2D eigenvalue weighted by Crippen LogP contribution is 2.37. The van der Waals surface area contributed by atoms with Gasteiger partial charge in [0.15, 0.2) is 11.5 Å². The monoisotopic (exact) mass is 453 g/mol. The van der Waals surface area contributed by atoms with Crippen molar-refractivity contribution in [2.75, 3.05) is 7.11 Å². The number of hydrogen-bond acceptors (Lipinski definition) is 4. The molecule has 0 aliphatic rings. The van der Waals surface area contributed by atoms with Crippen molar-refractivity contribution in [2.24, 2.45) is 5.10 Å². The van der Waals surface area contributed by atoms with Gasteiger partial charge in [-0.3, -0.25) is 4.79 Å². The third-order valence-electron chi connectivity index (χ3n) is 5.16. The van der Waals surface area contributed by atoms with Crippen LogP contribution >= 0.6 is 11.6 Å². The van der Waals surface area contributed by atoms with E-state index in [4.69, 9.17) is 21.1 Å². The number of methoxy groups -OCH3 is 1. The Kier molecular flexibility index (Phi) is 7.59. The van der Waals surface area contributed by atoms with Gasteiger partial charge >= 0.3 is 0 Å². The van der Waals surface area contributed by atoms with Gasteiger partial charge in [0.05, 0.1) is 24.5 Å². The number of benzene rings is 2. The van der Waals surface area contributed by atoms with E-state index in [1.807, 2.05) is 58.0 Å². The van der Waals surface area contributed by atoms with E-state index in [-0.39, 0.29) is 12.0 Å². The second-order valence-electron chi connectivity index (χ2n) is 7.57. The average molecular weight is 454 g/mol. The van der Waals surface area contributed by atoms with Crippen molar-refractivity contribution in [1.29, 1.82) is 0 Å². The Bertz CT molecular complexity index is 1120. The van der Waals surface area contributed by atoms with Crippen LogP contribution in [-0.4, -0.2) is 29.9 Å². The van der Waals surface area contributed by atoms with Gasteiger partial charge in [0.1, 0.15) is 0 Å². The van der Waals surface area contributed by atoms with Crippen molar-refractivity contribution < 1.29 is 14.3 Å². The molecule has 0 aliphatic carbocycles. The van der Waals surface area contributed by atoms with Crippen LogP contribution in [0, 0.1) is 13.8 Å². The summed E-state index contributed by atoms with van der Waals surface area (Å²) in [5, 5.41) is 4.50. The molecular weight excluding hydrogens is 426 g/mol. The van der Waals surface area contributed by atoms with E-state index in [0.717, 1.165) is 23.5 Å². The van der Waals surface area contributed by atoms with E-state index < -0.39 is 0 Å². The molecular formula is C25H28ClN3O3. The summed E-state index contributed by atoms with van der Waals surface area (Å²) in [6.07, 6.45) is 2.37. The van der Waals surface area contributed by atoms with Crippen molar-refractivity contribution >= 4 is 23.7 Å². The Morgan fingerprint density at radius 1 is 1.19 bits per heavy atom. The van der Waals surface area contributed by atoms with Crippen LogP contribution in [-0.2, 0) is 0 Å². The fraction of sp³-hybridized carbons (Fsp3) is 0.280. The molecule has 1 aromatic heterocycles. The SMILES string of the molecule is CC[C@H](C)Oc1c(Cl)cc(/C=N\NC(=O)c2cccc(-n3c(C)ccc3C)c2)cc1OC. The fourth-order valence-electron chi connectivity index (χ4n) is 3.31. The maximum atomic E-state index is 12.6. The molecule has 2 aromatic carbocycles. The van der Waals surface area contributed by atoms with Gasteiger partial charge in [-0.15, -0.1) is 0 Å². The van der Waals surface area contributed by atoms with Crippen molar-refractivity contribution in [3.05, 3.63) is 76.1 Å². The summed E-state index contributed by atoms with van der Waals surface area (Å²) < 4.78 is 13.4.